The molecule has 0 radical (unpaired) electrons. The molecule has 1 aliphatic carbocycles. The van der Waals surface area contributed by atoms with Crippen molar-refractivity contribution in [2.75, 3.05) is 0 Å². The number of aromatic nitrogens is 5. The summed E-state index contributed by atoms with van der Waals surface area (Å²) < 4.78 is 3.75. The van der Waals surface area contributed by atoms with Crippen molar-refractivity contribution in [2.24, 2.45) is 0 Å². The molecule has 0 bridgehead atoms. The molecule has 0 saturated heterocycles. The Hall–Kier alpha value is -2.50. The maximum absolute atomic E-state index is 11.9. The Morgan fingerprint density at radius 3 is 2.92 bits per heavy atom. The van der Waals surface area contributed by atoms with Crippen LogP contribution in [0, 0.1) is 0 Å². The fourth-order valence-corrected chi connectivity index (χ4v) is 3.76. The lowest BCUT2D eigenvalue weighted by Crippen LogP contribution is -2.17. The van der Waals surface area contributed by atoms with Gasteiger partial charge in [0.15, 0.2) is 5.82 Å². The number of carbonyl (C=O) groups excluding carboxylic acids is 1. The van der Waals surface area contributed by atoms with Crippen LogP contribution < -0.4 is 0 Å². The van der Waals surface area contributed by atoms with E-state index in [-0.39, 0.29) is 5.91 Å². The molecule has 4 rings (SSSR count). The topological polar surface area (TPSA) is 65.6 Å². The molecule has 1 aliphatic rings. The summed E-state index contributed by atoms with van der Waals surface area (Å²) in [5.41, 5.74) is 4.23. The number of nitrogens with zero attached hydrogens (tertiary/aromatic N) is 5. The van der Waals surface area contributed by atoms with Crippen LogP contribution >= 0.6 is 0 Å². The Morgan fingerprint density at radius 1 is 1.21 bits per heavy atom. The number of carbonyl (C=O) groups is 1. The molecule has 0 unspecified atom stereocenters. The molecule has 0 N–H and O–H groups in total. The normalized spacial score (nSPS) is 14.0. The third-order valence-electron chi connectivity index (χ3n) is 4.92. The average molecular weight is 323 g/mol. The number of tetrazole rings is 1. The van der Waals surface area contributed by atoms with Gasteiger partial charge in [-0.2, -0.15) is 4.68 Å². The number of hydrogen-bond donors (Lipinski definition) is 0. The predicted molar refractivity (Wildman–Crippen MR) is 91.0 cm³/mol. The predicted octanol–water partition coefficient (Wildman–Crippen LogP) is 2.80. The van der Waals surface area contributed by atoms with Crippen molar-refractivity contribution in [3.8, 4) is 0 Å². The van der Waals surface area contributed by atoms with Gasteiger partial charge in [0.1, 0.15) is 0 Å². The zero-order valence-electron chi connectivity index (χ0n) is 13.9. The van der Waals surface area contributed by atoms with E-state index in [0.29, 0.717) is 18.7 Å². The molecule has 0 spiro atoms. The second kappa shape index (κ2) is 6.19. The highest BCUT2D eigenvalue weighted by molar-refractivity contribution is 5.85. The highest BCUT2D eigenvalue weighted by Crippen LogP contribution is 2.32. The fraction of sp³-hybridized carbons (Fsp3) is 0.444. The van der Waals surface area contributed by atoms with Crippen LogP contribution in [0.1, 0.15) is 48.1 Å². The maximum atomic E-state index is 11.9. The minimum Gasteiger partial charge on any atom is -0.344 e. The third kappa shape index (κ3) is 2.42. The van der Waals surface area contributed by atoms with Gasteiger partial charge in [-0.1, -0.05) is 25.1 Å². The minimum atomic E-state index is -0.0607. The van der Waals surface area contributed by atoms with Gasteiger partial charge in [0.05, 0.1) is 0 Å². The summed E-state index contributed by atoms with van der Waals surface area (Å²) in [6.45, 7) is 2.62. The Balaban J connectivity index is 1.68. The van der Waals surface area contributed by atoms with Crippen molar-refractivity contribution in [1.82, 2.24) is 24.8 Å². The lowest BCUT2D eigenvalue weighted by atomic mass is 9.95. The number of fused-ring (bicyclic) bond motifs is 3. The first-order chi connectivity index (χ1) is 11.8. The molecule has 0 aliphatic heterocycles. The summed E-state index contributed by atoms with van der Waals surface area (Å²) in [6.07, 6.45) is 5.86. The Morgan fingerprint density at radius 2 is 2.04 bits per heavy atom. The Kier molecular flexibility index (Phi) is 3.88. The smallest absolute Gasteiger partial charge is 0.249 e. The summed E-state index contributed by atoms with van der Waals surface area (Å²) in [5, 5.41) is 12.9. The molecule has 24 heavy (non-hydrogen) atoms. The lowest BCUT2D eigenvalue weighted by molar-refractivity contribution is 0.0886. The van der Waals surface area contributed by atoms with E-state index >= 15 is 0 Å². The van der Waals surface area contributed by atoms with Crippen LogP contribution in [0.25, 0.3) is 10.9 Å². The van der Waals surface area contributed by atoms with Gasteiger partial charge >= 0.3 is 0 Å². The zero-order chi connectivity index (χ0) is 16.5. The Labute approximate surface area is 140 Å². The quantitative estimate of drug-likeness (QED) is 0.693. The first kappa shape index (κ1) is 15.1. The van der Waals surface area contributed by atoms with Gasteiger partial charge in [-0.3, -0.25) is 4.79 Å². The first-order valence-electron chi connectivity index (χ1n) is 8.69. The SMILES string of the molecule is CCC(=O)n1nnnc1CCn1c2c(c3ccccc31)CCCC2. The van der Waals surface area contributed by atoms with Crippen molar-refractivity contribution in [1.29, 1.82) is 0 Å². The van der Waals surface area contributed by atoms with Crippen LogP contribution in [0.3, 0.4) is 0 Å². The van der Waals surface area contributed by atoms with Crippen molar-refractivity contribution in [2.45, 2.75) is 52.0 Å². The van der Waals surface area contributed by atoms with E-state index < -0.39 is 0 Å². The third-order valence-corrected chi connectivity index (χ3v) is 4.92. The van der Waals surface area contributed by atoms with Gasteiger partial charge < -0.3 is 4.57 Å². The van der Waals surface area contributed by atoms with Crippen LogP contribution in [-0.2, 0) is 25.8 Å². The van der Waals surface area contributed by atoms with Gasteiger partial charge in [0.2, 0.25) is 5.91 Å². The highest BCUT2D eigenvalue weighted by Gasteiger charge is 2.20. The van der Waals surface area contributed by atoms with Crippen molar-refractivity contribution >= 4 is 16.8 Å². The fourth-order valence-electron chi connectivity index (χ4n) is 3.76. The molecule has 124 valence electrons. The minimum absolute atomic E-state index is 0.0607. The second-order valence-corrected chi connectivity index (χ2v) is 6.31. The van der Waals surface area contributed by atoms with Gasteiger partial charge in [-0.05, 0) is 47.7 Å². The van der Waals surface area contributed by atoms with E-state index in [2.05, 4.69) is 44.4 Å². The number of benzene rings is 1. The summed E-state index contributed by atoms with van der Waals surface area (Å²) in [6, 6.07) is 8.62. The van der Waals surface area contributed by atoms with E-state index in [1.807, 2.05) is 6.92 Å². The summed E-state index contributed by atoms with van der Waals surface area (Å²) in [5.74, 6) is 0.582. The van der Waals surface area contributed by atoms with Crippen molar-refractivity contribution < 1.29 is 4.79 Å². The van der Waals surface area contributed by atoms with Gasteiger partial charge in [0, 0.05) is 36.0 Å². The van der Waals surface area contributed by atoms with Crippen LogP contribution in [0.15, 0.2) is 24.3 Å². The van der Waals surface area contributed by atoms with Crippen molar-refractivity contribution in [3.63, 3.8) is 0 Å². The van der Waals surface area contributed by atoms with E-state index in [9.17, 15) is 4.79 Å². The second-order valence-electron chi connectivity index (χ2n) is 6.31. The maximum Gasteiger partial charge on any atom is 0.249 e. The number of aryl methyl sites for hydroxylation is 3. The molecule has 2 heterocycles. The molecule has 1 aromatic carbocycles. The molecule has 0 amide bonds. The summed E-state index contributed by atoms with van der Waals surface area (Å²) >= 11 is 0. The average Bonchev–Trinajstić information content (AvgIpc) is 3.22. The molecular weight excluding hydrogens is 302 g/mol. The van der Waals surface area contributed by atoms with Crippen LogP contribution in [0.5, 0.6) is 0 Å². The molecule has 2 aromatic heterocycles. The van der Waals surface area contributed by atoms with Crippen LogP contribution in [0.2, 0.25) is 0 Å². The van der Waals surface area contributed by atoms with Crippen LogP contribution in [-0.4, -0.2) is 30.7 Å². The number of hydrogen-bond acceptors (Lipinski definition) is 4. The van der Waals surface area contributed by atoms with Gasteiger partial charge in [0.25, 0.3) is 0 Å². The zero-order valence-corrected chi connectivity index (χ0v) is 13.9. The molecule has 0 saturated carbocycles. The van der Waals surface area contributed by atoms with Gasteiger partial charge in [-0.25, -0.2) is 0 Å². The molecule has 0 fully saturated rings. The molecule has 0 atom stereocenters. The summed E-state index contributed by atoms with van der Waals surface area (Å²) in [7, 11) is 0. The number of para-hydroxylation sites is 1. The molecule has 6 nitrogen and oxygen atoms in total. The largest absolute Gasteiger partial charge is 0.344 e. The van der Waals surface area contributed by atoms with E-state index in [0.717, 1.165) is 19.4 Å². The summed E-state index contributed by atoms with van der Waals surface area (Å²) in [4.78, 5) is 11.9. The molecule has 6 heteroatoms. The van der Waals surface area contributed by atoms with Gasteiger partial charge in [-0.15, -0.1) is 5.10 Å². The van der Waals surface area contributed by atoms with E-state index in [4.69, 9.17) is 0 Å². The highest BCUT2D eigenvalue weighted by atomic mass is 16.2. The lowest BCUT2D eigenvalue weighted by Gasteiger charge is -2.15. The van der Waals surface area contributed by atoms with Crippen LogP contribution in [0.4, 0.5) is 0 Å². The molecule has 3 aromatic rings. The van der Waals surface area contributed by atoms with E-state index in [1.165, 1.54) is 39.7 Å². The molecular formula is C18H21N5O. The standard InChI is InChI=1S/C18H21N5O/c1-2-18(24)23-17(19-20-21-23)11-12-22-15-9-5-3-7-13(15)14-8-4-6-10-16(14)22/h3,5,7,9H,2,4,6,8,10-12H2,1H3. The number of rotatable bonds is 4. The first-order valence-corrected chi connectivity index (χ1v) is 8.69. The monoisotopic (exact) mass is 323 g/mol. The Bertz CT molecular complexity index is 892. The van der Waals surface area contributed by atoms with Crippen molar-refractivity contribution in [3.05, 3.63) is 41.3 Å². The van der Waals surface area contributed by atoms with E-state index in [1.54, 1.807) is 0 Å².